The van der Waals surface area contributed by atoms with Gasteiger partial charge in [-0.3, -0.25) is 0 Å². The first-order chi connectivity index (χ1) is 27.3. The molecule has 0 radical (unpaired) electrons. The standard InChI is InChI=1S/C54H48N2/c1-37-17-13-18-38(2)53(37)55(49-27-15-25-45(35-49)43-21-9-7-10-22-43)51-31-29-47(33-41(51)5)48-30-32-52(42(6)34-48)56(54-39(3)19-14-20-40(54)4)50-28-16-26-46(36-50)44-23-11-8-12-24-44/h7-36H,1-6H3. The van der Waals surface area contributed by atoms with E-state index in [-0.39, 0.29) is 0 Å². The van der Waals surface area contributed by atoms with Gasteiger partial charge in [0, 0.05) is 22.7 Å². The lowest BCUT2D eigenvalue weighted by atomic mass is 9.97. The maximum atomic E-state index is 2.44. The summed E-state index contributed by atoms with van der Waals surface area (Å²) >= 11 is 0. The highest BCUT2D eigenvalue weighted by atomic mass is 15.2. The molecule has 274 valence electrons. The Hall–Kier alpha value is -6.64. The molecule has 0 aliphatic heterocycles. The largest absolute Gasteiger partial charge is 0.310 e. The van der Waals surface area contributed by atoms with Crippen LogP contribution in [0.15, 0.2) is 182 Å². The summed E-state index contributed by atoms with van der Waals surface area (Å²) in [6.45, 7) is 13.3. The molecule has 8 aromatic carbocycles. The molecule has 8 rings (SSSR count). The number of nitrogens with zero attached hydrogens (tertiary/aromatic N) is 2. The summed E-state index contributed by atoms with van der Waals surface area (Å²) in [6.07, 6.45) is 0. The SMILES string of the molecule is Cc1cc(-c2ccc(N(c3cccc(-c4ccccc4)c3)c3c(C)cccc3C)c(C)c2)ccc1N(c1cccc(-c2ccccc2)c1)c1c(C)cccc1C. The number of aryl methyl sites for hydroxylation is 6. The first kappa shape index (κ1) is 36.3. The van der Waals surface area contributed by atoms with Crippen LogP contribution in [-0.2, 0) is 0 Å². The van der Waals surface area contributed by atoms with Gasteiger partial charge in [0.15, 0.2) is 0 Å². The summed E-state index contributed by atoms with van der Waals surface area (Å²) in [5.74, 6) is 0. The number of para-hydroxylation sites is 2. The van der Waals surface area contributed by atoms with Gasteiger partial charge in [-0.05, 0) is 157 Å². The number of rotatable bonds is 9. The van der Waals surface area contributed by atoms with Crippen LogP contribution in [0.25, 0.3) is 33.4 Å². The number of anilines is 6. The Morgan fingerprint density at radius 3 is 0.929 bits per heavy atom. The van der Waals surface area contributed by atoms with Gasteiger partial charge in [0.1, 0.15) is 0 Å². The lowest BCUT2D eigenvalue weighted by molar-refractivity contribution is 1.20. The average molecular weight is 725 g/mol. The highest BCUT2D eigenvalue weighted by Crippen LogP contribution is 2.44. The molecule has 0 aliphatic carbocycles. The molecule has 0 aromatic heterocycles. The molecule has 2 nitrogen and oxygen atoms in total. The Bertz CT molecular complexity index is 2430. The molecule has 0 unspecified atom stereocenters. The van der Waals surface area contributed by atoms with Crippen LogP contribution in [0.2, 0.25) is 0 Å². The molecular weight excluding hydrogens is 677 g/mol. The summed E-state index contributed by atoms with van der Waals surface area (Å²) in [5.41, 5.74) is 21.7. The van der Waals surface area contributed by atoms with E-state index in [1.54, 1.807) is 0 Å². The molecule has 0 amide bonds. The van der Waals surface area contributed by atoms with Crippen molar-refractivity contribution in [1.82, 2.24) is 0 Å². The molecule has 0 heterocycles. The molecule has 0 bridgehead atoms. The molecule has 0 fully saturated rings. The third kappa shape index (κ3) is 7.14. The molecule has 0 aliphatic rings. The summed E-state index contributed by atoms with van der Waals surface area (Å²) < 4.78 is 0. The van der Waals surface area contributed by atoms with Crippen LogP contribution in [0.4, 0.5) is 34.1 Å². The van der Waals surface area contributed by atoms with E-state index in [4.69, 9.17) is 0 Å². The van der Waals surface area contributed by atoms with Gasteiger partial charge >= 0.3 is 0 Å². The molecule has 0 saturated carbocycles. The van der Waals surface area contributed by atoms with E-state index in [0.29, 0.717) is 0 Å². The van der Waals surface area contributed by atoms with Crippen molar-refractivity contribution in [2.24, 2.45) is 0 Å². The maximum absolute atomic E-state index is 2.44. The highest BCUT2D eigenvalue weighted by Gasteiger charge is 2.22. The van der Waals surface area contributed by atoms with Crippen molar-refractivity contribution in [2.45, 2.75) is 41.5 Å². The average Bonchev–Trinajstić information content (AvgIpc) is 3.22. The van der Waals surface area contributed by atoms with E-state index < -0.39 is 0 Å². The van der Waals surface area contributed by atoms with Crippen molar-refractivity contribution in [1.29, 1.82) is 0 Å². The zero-order chi connectivity index (χ0) is 38.8. The van der Waals surface area contributed by atoms with Crippen LogP contribution in [0, 0.1) is 41.5 Å². The van der Waals surface area contributed by atoms with Crippen LogP contribution < -0.4 is 9.80 Å². The maximum Gasteiger partial charge on any atom is 0.0520 e. The van der Waals surface area contributed by atoms with E-state index in [2.05, 4.69) is 233 Å². The fourth-order valence-electron chi connectivity index (χ4n) is 8.18. The van der Waals surface area contributed by atoms with Crippen LogP contribution in [0.5, 0.6) is 0 Å². The van der Waals surface area contributed by atoms with E-state index in [1.165, 1.54) is 89.5 Å². The summed E-state index contributed by atoms with van der Waals surface area (Å²) in [7, 11) is 0. The van der Waals surface area contributed by atoms with Crippen LogP contribution in [0.1, 0.15) is 33.4 Å². The topological polar surface area (TPSA) is 6.48 Å². The van der Waals surface area contributed by atoms with Gasteiger partial charge in [-0.25, -0.2) is 0 Å². The van der Waals surface area contributed by atoms with E-state index >= 15 is 0 Å². The first-order valence-electron chi connectivity index (χ1n) is 19.5. The molecule has 0 N–H and O–H groups in total. The van der Waals surface area contributed by atoms with E-state index in [9.17, 15) is 0 Å². The zero-order valence-corrected chi connectivity index (χ0v) is 33.2. The molecule has 0 atom stereocenters. The third-order valence-electron chi connectivity index (χ3n) is 11.0. The van der Waals surface area contributed by atoms with Gasteiger partial charge in [-0.15, -0.1) is 0 Å². The minimum absolute atomic E-state index is 1.14. The predicted molar refractivity (Wildman–Crippen MR) is 241 cm³/mol. The van der Waals surface area contributed by atoms with Crippen molar-refractivity contribution < 1.29 is 0 Å². The second-order valence-electron chi connectivity index (χ2n) is 15.0. The second-order valence-corrected chi connectivity index (χ2v) is 15.0. The number of benzene rings is 8. The normalized spacial score (nSPS) is 11.0. The Kier molecular flexibility index (Phi) is 10.1. The predicted octanol–water partition coefficient (Wildman–Crippen LogP) is 15.5. The molecule has 0 saturated heterocycles. The van der Waals surface area contributed by atoms with Crippen LogP contribution >= 0.6 is 0 Å². The molecule has 2 heteroatoms. The van der Waals surface area contributed by atoms with Gasteiger partial charge in [-0.2, -0.15) is 0 Å². The molecule has 0 spiro atoms. The third-order valence-corrected chi connectivity index (χ3v) is 11.0. The second kappa shape index (κ2) is 15.6. The van der Waals surface area contributed by atoms with Crippen LogP contribution in [-0.4, -0.2) is 0 Å². The van der Waals surface area contributed by atoms with Crippen molar-refractivity contribution in [3.05, 3.63) is 215 Å². The molecule has 56 heavy (non-hydrogen) atoms. The lowest BCUT2D eigenvalue weighted by Crippen LogP contribution is -2.14. The quantitative estimate of drug-likeness (QED) is 0.146. The Balaban J connectivity index is 1.20. The van der Waals surface area contributed by atoms with Gasteiger partial charge in [0.05, 0.1) is 11.4 Å². The fraction of sp³-hybridized carbons (Fsp3) is 0.111. The minimum atomic E-state index is 1.14. The number of hydrogen-bond acceptors (Lipinski definition) is 2. The van der Waals surface area contributed by atoms with E-state index in [1.807, 2.05) is 0 Å². The summed E-state index contributed by atoms with van der Waals surface area (Å²) in [4.78, 5) is 4.88. The Labute approximate surface area is 333 Å². The van der Waals surface area contributed by atoms with Gasteiger partial charge < -0.3 is 9.80 Å². The van der Waals surface area contributed by atoms with Crippen LogP contribution in [0.3, 0.4) is 0 Å². The van der Waals surface area contributed by atoms with Gasteiger partial charge in [-0.1, -0.05) is 133 Å². The van der Waals surface area contributed by atoms with Gasteiger partial charge in [0.25, 0.3) is 0 Å². The summed E-state index contributed by atoms with van der Waals surface area (Å²) in [5, 5.41) is 0. The van der Waals surface area contributed by atoms with Gasteiger partial charge in [0.2, 0.25) is 0 Å². The van der Waals surface area contributed by atoms with Crippen molar-refractivity contribution >= 4 is 34.1 Å². The molecule has 8 aromatic rings. The Morgan fingerprint density at radius 1 is 0.250 bits per heavy atom. The van der Waals surface area contributed by atoms with Crippen molar-refractivity contribution in [3.63, 3.8) is 0 Å². The van der Waals surface area contributed by atoms with Crippen molar-refractivity contribution in [3.8, 4) is 33.4 Å². The summed E-state index contributed by atoms with van der Waals surface area (Å²) in [6, 6.07) is 66.1. The van der Waals surface area contributed by atoms with Crippen molar-refractivity contribution in [2.75, 3.05) is 9.80 Å². The zero-order valence-electron chi connectivity index (χ0n) is 33.2. The Morgan fingerprint density at radius 2 is 0.571 bits per heavy atom. The smallest absolute Gasteiger partial charge is 0.0520 e. The first-order valence-corrected chi connectivity index (χ1v) is 19.5. The fourth-order valence-corrected chi connectivity index (χ4v) is 8.18. The highest BCUT2D eigenvalue weighted by molar-refractivity contribution is 5.87. The monoisotopic (exact) mass is 724 g/mol. The minimum Gasteiger partial charge on any atom is -0.310 e. The number of hydrogen-bond donors (Lipinski definition) is 0. The van der Waals surface area contributed by atoms with E-state index in [0.717, 1.165) is 11.4 Å². The molecular formula is C54H48N2. The lowest BCUT2D eigenvalue weighted by Gasteiger charge is -2.31.